The first-order chi connectivity index (χ1) is 8.31. The van der Waals surface area contributed by atoms with Gasteiger partial charge in [0.2, 0.25) is 0 Å². The lowest BCUT2D eigenvalue weighted by Gasteiger charge is -2.03. The van der Waals surface area contributed by atoms with E-state index in [0.717, 1.165) is 30.5 Å². The normalized spacial score (nSPS) is 12.6. The van der Waals surface area contributed by atoms with Gasteiger partial charge in [0.1, 0.15) is 11.8 Å². The van der Waals surface area contributed by atoms with E-state index >= 15 is 0 Å². The van der Waals surface area contributed by atoms with Crippen LogP contribution in [0.5, 0.6) is 0 Å². The van der Waals surface area contributed by atoms with Gasteiger partial charge in [0.25, 0.3) is 0 Å². The molecule has 1 heterocycles. The molecule has 1 aromatic heterocycles. The van der Waals surface area contributed by atoms with E-state index < -0.39 is 6.10 Å². The third kappa shape index (κ3) is 2.94. The van der Waals surface area contributed by atoms with Crippen LogP contribution in [0.25, 0.3) is 11.3 Å². The van der Waals surface area contributed by atoms with Crippen LogP contribution in [-0.4, -0.2) is 10.3 Å². The molecular formula is C14H17NO2. The predicted molar refractivity (Wildman–Crippen MR) is 66.4 cm³/mol. The largest absolute Gasteiger partial charge is 0.385 e. The van der Waals surface area contributed by atoms with Gasteiger partial charge < -0.3 is 9.63 Å². The van der Waals surface area contributed by atoms with Gasteiger partial charge in [-0.15, -0.1) is 0 Å². The second-order valence-corrected chi connectivity index (χ2v) is 4.14. The van der Waals surface area contributed by atoms with Crippen molar-refractivity contribution in [1.29, 1.82) is 0 Å². The molecule has 2 aromatic rings. The van der Waals surface area contributed by atoms with Gasteiger partial charge in [0.05, 0.1) is 0 Å². The molecule has 0 spiro atoms. The maximum Gasteiger partial charge on any atom is 0.165 e. The Morgan fingerprint density at radius 2 is 2.06 bits per heavy atom. The molecule has 0 aliphatic carbocycles. The van der Waals surface area contributed by atoms with Gasteiger partial charge in [0, 0.05) is 11.6 Å². The minimum atomic E-state index is -0.542. The summed E-state index contributed by atoms with van der Waals surface area (Å²) in [5, 5.41) is 13.9. The maximum atomic E-state index is 9.88. The smallest absolute Gasteiger partial charge is 0.165 e. The standard InChI is InChI=1S/C14H17NO2/c1-2-3-9-13(16)14-10-12(15-17-14)11-7-5-4-6-8-11/h4-8,10,13,16H,2-3,9H2,1H3. The predicted octanol–water partition coefficient (Wildman–Crippen LogP) is 3.57. The summed E-state index contributed by atoms with van der Waals surface area (Å²) >= 11 is 0. The van der Waals surface area contributed by atoms with Gasteiger partial charge in [-0.05, 0) is 6.42 Å². The fourth-order valence-electron chi connectivity index (χ4n) is 1.73. The minimum Gasteiger partial charge on any atom is -0.385 e. The molecule has 17 heavy (non-hydrogen) atoms. The molecule has 0 aliphatic heterocycles. The summed E-state index contributed by atoms with van der Waals surface area (Å²) in [5.74, 6) is 0.553. The Kier molecular flexibility index (Phi) is 3.94. The molecule has 3 nitrogen and oxygen atoms in total. The van der Waals surface area contributed by atoms with Gasteiger partial charge in [-0.3, -0.25) is 0 Å². The van der Waals surface area contributed by atoms with Crippen LogP contribution in [0.1, 0.15) is 38.1 Å². The monoisotopic (exact) mass is 231 g/mol. The summed E-state index contributed by atoms with van der Waals surface area (Å²) in [7, 11) is 0. The molecule has 0 saturated carbocycles. The van der Waals surface area contributed by atoms with E-state index in [1.165, 1.54) is 0 Å². The summed E-state index contributed by atoms with van der Waals surface area (Å²) in [6.07, 6.45) is 2.24. The van der Waals surface area contributed by atoms with Crippen molar-refractivity contribution in [2.45, 2.75) is 32.3 Å². The number of nitrogens with zero attached hydrogens (tertiary/aromatic N) is 1. The molecule has 1 atom stereocenters. The Bertz CT molecular complexity index is 450. The summed E-state index contributed by atoms with van der Waals surface area (Å²) in [6, 6.07) is 11.6. The third-order valence-corrected chi connectivity index (χ3v) is 2.76. The second kappa shape index (κ2) is 5.64. The molecular weight excluding hydrogens is 214 g/mol. The Morgan fingerprint density at radius 3 is 2.76 bits per heavy atom. The van der Waals surface area contributed by atoms with Crippen LogP contribution in [0.4, 0.5) is 0 Å². The first kappa shape index (κ1) is 11.9. The van der Waals surface area contributed by atoms with Crippen molar-refractivity contribution >= 4 is 0 Å². The number of unbranched alkanes of at least 4 members (excludes halogenated alkanes) is 1. The van der Waals surface area contributed by atoms with Crippen molar-refractivity contribution in [2.24, 2.45) is 0 Å². The fraction of sp³-hybridized carbons (Fsp3) is 0.357. The minimum absolute atomic E-state index is 0.542. The van der Waals surface area contributed by atoms with Gasteiger partial charge in [-0.2, -0.15) is 0 Å². The van der Waals surface area contributed by atoms with Crippen molar-refractivity contribution < 1.29 is 9.63 Å². The summed E-state index contributed by atoms with van der Waals surface area (Å²) in [5.41, 5.74) is 1.78. The zero-order chi connectivity index (χ0) is 12.1. The molecule has 0 saturated heterocycles. The van der Waals surface area contributed by atoms with Crippen molar-refractivity contribution in [3.05, 3.63) is 42.2 Å². The number of benzene rings is 1. The molecule has 3 heteroatoms. The third-order valence-electron chi connectivity index (χ3n) is 2.76. The highest BCUT2D eigenvalue weighted by Gasteiger charge is 2.14. The molecule has 1 aromatic carbocycles. The average Bonchev–Trinajstić information content (AvgIpc) is 2.86. The molecule has 0 fully saturated rings. The quantitative estimate of drug-likeness (QED) is 0.855. The Hall–Kier alpha value is -1.61. The molecule has 0 bridgehead atoms. The van der Waals surface area contributed by atoms with Crippen LogP contribution in [-0.2, 0) is 0 Å². The van der Waals surface area contributed by atoms with Gasteiger partial charge >= 0.3 is 0 Å². The molecule has 1 unspecified atom stereocenters. The zero-order valence-electron chi connectivity index (χ0n) is 9.97. The van der Waals surface area contributed by atoms with Crippen LogP contribution in [0.2, 0.25) is 0 Å². The summed E-state index contributed by atoms with van der Waals surface area (Å²) in [4.78, 5) is 0. The van der Waals surface area contributed by atoms with E-state index in [1.54, 1.807) is 0 Å². The van der Waals surface area contributed by atoms with E-state index in [-0.39, 0.29) is 0 Å². The highest BCUT2D eigenvalue weighted by molar-refractivity contribution is 5.58. The Balaban J connectivity index is 2.11. The number of aliphatic hydroxyl groups excluding tert-OH is 1. The first-order valence-corrected chi connectivity index (χ1v) is 6.01. The van der Waals surface area contributed by atoms with E-state index in [0.29, 0.717) is 5.76 Å². The van der Waals surface area contributed by atoms with Gasteiger partial charge in [-0.1, -0.05) is 55.3 Å². The number of rotatable bonds is 5. The van der Waals surface area contributed by atoms with Crippen LogP contribution in [0.3, 0.4) is 0 Å². The summed E-state index contributed by atoms with van der Waals surface area (Å²) in [6.45, 7) is 2.10. The van der Waals surface area contributed by atoms with E-state index in [4.69, 9.17) is 4.52 Å². The highest BCUT2D eigenvalue weighted by atomic mass is 16.5. The van der Waals surface area contributed by atoms with Crippen molar-refractivity contribution in [3.8, 4) is 11.3 Å². The number of hydrogen-bond donors (Lipinski definition) is 1. The highest BCUT2D eigenvalue weighted by Crippen LogP contribution is 2.24. The van der Waals surface area contributed by atoms with Crippen molar-refractivity contribution in [2.75, 3.05) is 0 Å². The first-order valence-electron chi connectivity index (χ1n) is 6.01. The van der Waals surface area contributed by atoms with Crippen LogP contribution < -0.4 is 0 Å². The van der Waals surface area contributed by atoms with E-state index in [2.05, 4.69) is 12.1 Å². The van der Waals surface area contributed by atoms with Crippen molar-refractivity contribution in [1.82, 2.24) is 5.16 Å². The van der Waals surface area contributed by atoms with E-state index in [9.17, 15) is 5.11 Å². The number of aliphatic hydroxyl groups is 1. The Labute approximate surface area is 101 Å². The van der Waals surface area contributed by atoms with Gasteiger partial charge in [0.15, 0.2) is 5.76 Å². The van der Waals surface area contributed by atoms with Crippen LogP contribution in [0, 0.1) is 0 Å². The topological polar surface area (TPSA) is 46.3 Å². The lowest BCUT2D eigenvalue weighted by atomic mass is 10.1. The van der Waals surface area contributed by atoms with Gasteiger partial charge in [-0.25, -0.2) is 0 Å². The molecule has 0 radical (unpaired) electrons. The lowest BCUT2D eigenvalue weighted by Crippen LogP contribution is -1.94. The van der Waals surface area contributed by atoms with E-state index in [1.807, 2.05) is 36.4 Å². The van der Waals surface area contributed by atoms with Crippen LogP contribution >= 0.6 is 0 Å². The van der Waals surface area contributed by atoms with Crippen LogP contribution in [0.15, 0.2) is 40.9 Å². The zero-order valence-corrected chi connectivity index (χ0v) is 9.97. The summed E-state index contributed by atoms with van der Waals surface area (Å²) < 4.78 is 5.18. The SMILES string of the molecule is CCCCC(O)c1cc(-c2ccccc2)no1. The Morgan fingerprint density at radius 1 is 1.29 bits per heavy atom. The molecule has 0 amide bonds. The molecule has 90 valence electrons. The second-order valence-electron chi connectivity index (χ2n) is 4.14. The lowest BCUT2D eigenvalue weighted by molar-refractivity contribution is 0.128. The van der Waals surface area contributed by atoms with Crippen molar-refractivity contribution in [3.63, 3.8) is 0 Å². The fourth-order valence-corrected chi connectivity index (χ4v) is 1.73. The maximum absolute atomic E-state index is 9.88. The molecule has 1 N–H and O–H groups in total. The number of hydrogen-bond acceptors (Lipinski definition) is 3. The molecule has 2 rings (SSSR count). The molecule has 0 aliphatic rings. The number of aromatic nitrogens is 1. The average molecular weight is 231 g/mol.